The van der Waals surface area contributed by atoms with Crippen LogP contribution < -0.4 is 10.2 Å². The highest BCUT2D eigenvalue weighted by atomic mass is 32.2. The maximum absolute atomic E-state index is 13.0. The molecule has 2 rings (SSSR count). The van der Waals surface area contributed by atoms with Gasteiger partial charge in [0.1, 0.15) is 0 Å². The Labute approximate surface area is 186 Å². The van der Waals surface area contributed by atoms with Crippen LogP contribution in [0.5, 0.6) is 0 Å². The molecule has 1 fully saturated rings. The van der Waals surface area contributed by atoms with E-state index in [4.69, 9.17) is 9.47 Å². The molecule has 31 heavy (non-hydrogen) atoms. The zero-order valence-corrected chi connectivity index (χ0v) is 20.0. The molecule has 0 aliphatic carbocycles. The number of hydrogen-bond acceptors (Lipinski definition) is 6. The molecule has 0 radical (unpaired) electrons. The number of nitrogens with one attached hydrogen (secondary N) is 1. The lowest BCUT2D eigenvalue weighted by Gasteiger charge is -2.26. The number of ether oxygens (including phenoxy) is 2. The molecule has 1 aliphatic rings. The number of amides is 1. The van der Waals surface area contributed by atoms with Gasteiger partial charge in [0.25, 0.3) is 0 Å². The Morgan fingerprint density at radius 1 is 1.16 bits per heavy atom. The monoisotopic (exact) mass is 455 g/mol. The minimum Gasteiger partial charge on any atom is -0.378 e. The highest BCUT2D eigenvalue weighted by molar-refractivity contribution is 7.89. The minimum atomic E-state index is -3.62. The molecule has 1 unspecified atom stereocenters. The average molecular weight is 456 g/mol. The van der Waals surface area contributed by atoms with E-state index in [2.05, 4.69) is 10.2 Å². The normalized spacial score (nSPS) is 16.6. The van der Waals surface area contributed by atoms with Gasteiger partial charge in [-0.15, -0.1) is 0 Å². The van der Waals surface area contributed by atoms with Gasteiger partial charge in [-0.1, -0.05) is 13.8 Å². The van der Waals surface area contributed by atoms with Crippen LogP contribution in [-0.2, 0) is 24.3 Å². The summed E-state index contributed by atoms with van der Waals surface area (Å²) in [5.74, 6) is -0.210. The Hall–Kier alpha value is -1.68. The second-order valence-corrected chi connectivity index (χ2v) is 9.39. The van der Waals surface area contributed by atoms with Crippen molar-refractivity contribution in [3.63, 3.8) is 0 Å². The summed E-state index contributed by atoms with van der Waals surface area (Å²) in [6.07, 6.45) is 2.36. The number of sulfonamides is 1. The van der Waals surface area contributed by atoms with E-state index in [1.165, 1.54) is 4.31 Å². The molecule has 1 amide bonds. The van der Waals surface area contributed by atoms with Gasteiger partial charge >= 0.3 is 0 Å². The predicted molar refractivity (Wildman–Crippen MR) is 123 cm³/mol. The van der Waals surface area contributed by atoms with Crippen LogP contribution in [0.2, 0.25) is 0 Å². The summed E-state index contributed by atoms with van der Waals surface area (Å²) in [5, 5.41) is 2.90. The van der Waals surface area contributed by atoms with Gasteiger partial charge in [0.05, 0.1) is 42.0 Å². The van der Waals surface area contributed by atoms with Crippen LogP contribution in [-0.4, -0.2) is 70.7 Å². The number of anilines is 2. The van der Waals surface area contributed by atoms with Gasteiger partial charge < -0.3 is 19.7 Å². The van der Waals surface area contributed by atoms with Crippen molar-refractivity contribution in [1.82, 2.24) is 4.31 Å². The van der Waals surface area contributed by atoms with E-state index < -0.39 is 10.0 Å². The average Bonchev–Trinajstić information content (AvgIpc) is 3.27. The Kier molecular flexibility index (Phi) is 10.2. The molecule has 1 N–H and O–H groups in total. The smallest absolute Gasteiger partial charge is 0.243 e. The molecular formula is C22H37N3O5S. The fraction of sp³-hybridized carbons (Fsp3) is 0.682. The first-order valence-electron chi connectivity index (χ1n) is 11.3. The lowest BCUT2D eigenvalue weighted by molar-refractivity contribution is -0.117. The molecule has 1 atom stereocenters. The zero-order valence-electron chi connectivity index (χ0n) is 19.2. The van der Waals surface area contributed by atoms with Crippen molar-refractivity contribution < 1.29 is 22.7 Å². The summed E-state index contributed by atoms with van der Waals surface area (Å²) in [7, 11) is -3.62. The summed E-state index contributed by atoms with van der Waals surface area (Å²) in [5.41, 5.74) is 1.30. The van der Waals surface area contributed by atoms with Gasteiger partial charge in [-0.25, -0.2) is 8.42 Å². The standard InChI is InChI=1S/C22H37N3O5S/c1-5-24(6-2)21-12-11-19(31(27,28)25(7-3)8-4)16-20(21)23-22(26)13-15-29-17-18-10-9-14-30-18/h11-12,16,18H,5-10,13-15,17H2,1-4H3,(H,23,26). The van der Waals surface area contributed by atoms with Crippen LogP contribution in [0.25, 0.3) is 0 Å². The molecule has 1 heterocycles. The summed E-state index contributed by atoms with van der Waals surface area (Å²) in [6.45, 7) is 11.5. The topological polar surface area (TPSA) is 88.2 Å². The third kappa shape index (κ3) is 6.90. The molecule has 1 aromatic rings. The molecule has 9 heteroatoms. The van der Waals surface area contributed by atoms with Crippen LogP contribution in [0.4, 0.5) is 11.4 Å². The summed E-state index contributed by atoms with van der Waals surface area (Å²) >= 11 is 0. The molecule has 8 nitrogen and oxygen atoms in total. The van der Waals surface area contributed by atoms with Crippen LogP contribution in [0.1, 0.15) is 47.0 Å². The molecular weight excluding hydrogens is 418 g/mol. The molecule has 0 aromatic heterocycles. The largest absolute Gasteiger partial charge is 0.378 e. The number of hydrogen-bond donors (Lipinski definition) is 1. The second kappa shape index (κ2) is 12.4. The molecule has 0 spiro atoms. The lowest BCUT2D eigenvalue weighted by atomic mass is 10.2. The maximum Gasteiger partial charge on any atom is 0.243 e. The maximum atomic E-state index is 13.0. The molecule has 1 aliphatic heterocycles. The van der Waals surface area contributed by atoms with E-state index in [0.717, 1.165) is 38.2 Å². The summed E-state index contributed by atoms with van der Waals surface area (Å²) in [4.78, 5) is 14.8. The summed E-state index contributed by atoms with van der Waals surface area (Å²) < 4.78 is 38.4. The van der Waals surface area contributed by atoms with Crippen LogP contribution in [0.15, 0.2) is 23.1 Å². The van der Waals surface area contributed by atoms with Crippen molar-refractivity contribution in [2.45, 2.75) is 58.0 Å². The molecule has 1 saturated heterocycles. The Morgan fingerprint density at radius 3 is 2.45 bits per heavy atom. The van der Waals surface area contributed by atoms with Crippen molar-refractivity contribution in [3.8, 4) is 0 Å². The van der Waals surface area contributed by atoms with Gasteiger partial charge in [-0.05, 0) is 44.9 Å². The Morgan fingerprint density at radius 2 is 1.87 bits per heavy atom. The van der Waals surface area contributed by atoms with E-state index in [1.807, 2.05) is 27.7 Å². The Balaban J connectivity index is 2.14. The highest BCUT2D eigenvalue weighted by Crippen LogP contribution is 2.30. The minimum absolute atomic E-state index is 0.124. The van der Waals surface area contributed by atoms with Crippen molar-refractivity contribution in [2.75, 3.05) is 56.2 Å². The quantitative estimate of drug-likeness (QED) is 0.460. The molecule has 176 valence electrons. The third-order valence-electron chi connectivity index (χ3n) is 5.49. The van der Waals surface area contributed by atoms with Gasteiger partial charge in [0, 0.05) is 32.8 Å². The Bertz CT molecular complexity index is 801. The number of nitrogens with zero attached hydrogens (tertiary/aromatic N) is 2. The zero-order chi connectivity index (χ0) is 22.9. The first kappa shape index (κ1) is 25.6. The molecule has 0 saturated carbocycles. The van der Waals surface area contributed by atoms with E-state index in [0.29, 0.717) is 32.0 Å². The van der Waals surface area contributed by atoms with E-state index in [9.17, 15) is 13.2 Å². The predicted octanol–water partition coefficient (Wildman–Crippen LogP) is 3.09. The van der Waals surface area contributed by atoms with Crippen LogP contribution in [0, 0.1) is 0 Å². The number of carbonyl (C=O) groups excluding carboxylic acids is 1. The van der Waals surface area contributed by atoms with Crippen molar-refractivity contribution in [1.29, 1.82) is 0 Å². The SMILES string of the molecule is CCN(CC)c1ccc(S(=O)(=O)N(CC)CC)cc1NC(=O)CCOCC1CCCO1. The molecule has 1 aromatic carbocycles. The van der Waals surface area contributed by atoms with E-state index in [1.54, 1.807) is 18.2 Å². The van der Waals surface area contributed by atoms with Gasteiger partial charge in [-0.3, -0.25) is 4.79 Å². The van der Waals surface area contributed by atoms with Crippen LogP contribution >= 0.6 is 0 Å². The fourth-order valence-corrected chi connectivity index (χ4v) is 5.18. The van der Waals surface area contributed by atoms with Crippen molar-refractivity contribution >= 4 is 27.3 Å². The van der Waals surface area contributed by atoms with Crippen LogP contribution in [0.3, 0.4) is 0 Å². The van der Waals surface area contributed by atoms with Crippen molar-refractivity contribution in [3.05, 3.63) is 18.2 Å². The van der Waals surface area contributed by atoms with E-state index in [-0.39, 0.29) is 23.3 Å². The fourth-order valence-electron chi connectivity index (χ4n) is 3.70. The third-order valence-corrected chi connectivity index (χ3v) is 7.54. The number of carbonyl (C=O) groups is 1. The second-order valence-electron chi connectivity index (χ2n) is 7.45. The first-order valence-corrected chi connectivity index (χ1v) is 12.7. The van der Waals surface area contributed by atoms with Gasteiger partial charge in [0.2, 0.25) is 15.9 Å². The van der Waals surface area contributed by atoms with E-state index >= 15 is 0 Å². The number of benzene rings is 1. The first-order chi connectivity index (χ1) is 14.9. The lowest BCUT2D eigenvalue weighted by Crippen LogP contribution is -2.31. The highest BCUT2D eigenvalue weighted by Gasteiger charge is 2.24. The van der Waals surface area contributed by atoms with Gasteiger partial charge in [0.15, 0.2) is 0 Å². The van der Waals surface area contributed by atoms with Crippen molar-refractivity contribution in [2.24, 2.45) is 0 Å². The van der Waals surface area contributed by atoms with Gasteiger partial charge in [-0.2, -0.15) is 4.31 Å². The molecule has 0 bridgehead atoms. The summed E-state index contributed by atoms with van der Waals surface area (Å²) in [6, 6.07) is 4.95. The number of rotatable bonds is 13.